The molecule has 2 atom stereocenters. The Morgan fingerprint density at radius 3 is 2.04 bits per heavy atom. The Bertz CT molecular complexity index is 748. The van der Waals surface area contributed by atoms with E-state index in [4.69, 9.17) is 5.73 Å². The van der Waals surface area contributed by atoms with Crippen LogP contribution in [0.25, 0.3) is 0 Å². The van der Waals surface area contributed by atoms with E-state index in [1.165, 1.54) is 12.5 Å². The molecule has 2 aromatic carbocycles. The Morgan fingerprint density at radius 1 is 0.929 bits per heavy atom. The lowest BCUT2D eigenvalue weighted by molar-refractivity contribution is -0.122. The van der Waals surface area contributed by atoms with Crippen molar-refractivity contribution >= 4 is 24.2 Å². The molecule has 0 saturated heterocycles. The monoisotopic (exact) mass is 403 g/mol. The van der Waals surface area contributed by atoms with Crippen molar-refractivity contribution in [1.82, 2.24) is 10.6 Å². The minimum Gasteiger partial charge on any atom is -0.354 e. The minimum atomic E-state index is -0.356. The number of nitrogens with two attached hydrogens (primary N) is 1. The number of benzene rings is 2. The van der Waals surface area contributed by atoms with Crippen molar-refractivity contribution in [3.63, 3.8) is 0 Å². The molecule has 0 heterocycles. The number of halogens is 1. The summed E-state index contributed by atoms with van der Waals surface area (Å²) < 4.78 is 0. The summed E-state index contributed by atoms with van der Waals surface area (Å²) in [6.45, 7) is 6.09. The van der Waals surface area contributed by atoms with E-state index in [-0.39, 0.29) is 42.7 Å². The molecule has 2 unspecified atom stereocenters. The molecule has 0 aliphatic rings. The summed E-state index contributed by atoms with van der Waals surface area (Å²) in [7, 11) is 0. The molecule has 2 aromatic rings. The fourth-order valence-electron chi connectivity index (χ4n) is 2.91. The molecule has 0 aliphatic carbocycles. The average Bonchev–Trinajstić information content (AvgIpc) is 2.66. The summed E-state index contributed by atoms with van der Waals surface area (Å²) in [5.41, 5.74) is 9.35. The summed E-state index contributed by atoms with van der Waals surface area (Å²) in [5.74, 6) is 0.157. The number of amides is 2. The van der Waals surface area contributed by atoms with Crippen LogP contribution in [-0.4, -0.2) is 18.4 Å². The van der Waals surface area contributed by atoms with Crippen LogP contribution in [0.3, 0.4) is 0 Å². The Labute approximate surface area is 173 Å². The van der Waals surface area contributed by atoms with Crippen LogP contribution in [0.5, 0.6) is 0 Å². The van der Waals surface area contributed by atoms with Crippen molar-refractivity contribution in [2.75, 3.05) is 6.54 Å². The van der Waals surface area contributed by atoms with Crippen LogP contribution in [0.15, 0.2) is 54.6 Å². The van der Waals surface area contributed by atoms with Gasteiger partial charge >= 0.3 is 0 Å². The molecule has 2 amide bonds. The number of carbonyl (C=O) groups excluding carboxylic acids is 2. The molecule has 0 aliphatic heterocycles. The van der Waals surface area contributed by atoms with E-state index in [2.05, 4.69) is 36.6 Å². The predicted molar refractivity (Wildman–Crippen MR) is 115 cm³/mol. The van der Waals surface area contributed by atoms with Crippen molar-refractivity contribution < 1.29 is 9.59 Å². The highest BCUT2D eigenvalue weighted by Crippen LogP contribution is 2.18. The van der Waals surface area contributed by atoms with E-state index in [1.54, 1.807) is 0 Å². The molecule has 0 bridgehead atoms. The van der Waals surface area contributed by atoms with Crippen LogP contribution in [-0.2, 0) is 9.59 Å². The predicted octanol–water partition coefficient (Wildman–Crippen LogP) is 3.62. The zero-order chi connectivity index (χ0) is 19.8. The van der Waals surface area contributed by atoms with Gasteiger partial charge in [-0.25, -0.2) is 0 Å². The molecule has 0 saturated carbocycles. The summed E-state index contributed by atoms with van der Waals surface area (Å²) in [6.07, 6.45) is 0.169. The van der Waals surface area contributed by atoms with Crippen LogP contribution in [0, 0.1) is 0 Å². The van der Waals surface area contributed by atoms with Crippen LogP contribution in [0.2, 0.25) is 0 Å². The normalized spacial score (nSPS) is 12.6. The van der Waals surface area contributed by atoms with E-state index in [9.17, 15) is 9.59 Å². The van der Waals surface area contributed by atoms with Gasteiger partial charge in [-0.2, -0.15) is 0 Å². The molecule has 152 valence electrons. The van der Waals surface area contributed by atoms with Gasteiger partial charge < -0.3 is 16.4 Å². The van der Waals surface area contributed by atoms with Gasteiger partial charge in [0.15, 0.2) is 0 Å². The van der Waals surface area contributed by atoms with Gasteiger partial charge in [-0.15, -0.1) is 12.4 Å². The Morgan fingerprint density at radius 2 is 1.50 bits per heavy atom. The largest absolute Gasteiger partial charge is 0.354 e. The van der Waals surface area contributed by atoms with E-state index in [0.717, 1.165) is 11.1 Å². The van der Waals surface area contributed by atoms with E-state index in [0.29, 0.717) is 12.5 Å². The van der Waals surface area contributed by atoms with E-state index in [1.807, 2.05) is 42.5 Å². The van der Waals surface area contributed by atoms with Gasteiger partial charge in [0.1, 0.15) is 0 Å². The van der Waals surface area contributed by atoms with Gasteiger partial charge in [0.05, 0.1) is 12.5 Å². The van der Waals surface area contributed by atoms with Crippen molar-refractivity contribution in [2.45, 2.75) is 45.2 Å². The lowest BCUT2D eigenvalue weighted by Crippen LogP contribution is -2.35. The second kappa shape index (κ2) is 11.5. The fourth-order valence-corrected chi connectivity index (χ4v) is 2.91. The van der Waals surface area contributed by atoms with E-state index < -0.39 is 0 Å². The highest BCUT2D eigenvalue weighted by atomic mass is 35.5. The lowest BCUT2D eigenvalue weighted by Gasteiger charge is -2.19. The second-order valence-electron chi connectivity index (χ2n) is 7.10. The minimum absolute atomic E-state index is 0. The first-order valence-corrected chi connectivity index (χ1v) is 9.31. The maximum Gasteiger partial charge on any atom is 0.222 e. The topological polar surface area (TPSA) is 84.2 Å². The molecule has 2 rings (SSSR count). The van der Waals surface area contributed by atoms with Crippen molar-refractivity contribution in [2.24, 2.45) is 5.73 Å². The van der Waals surface area contributed by atoms with Crippen LogP contribution >= 0.6 is 12.4 Å². The van der Waals surface area contributed by atoms with Crippen molar-refractivity contribution in [3.8, 4) is 0 Å². The van der Waals surface area contributed by atoms with Crippen molar-refractivity contribution in [1.29, 1.82) is 0 Å². The first-order valence-electron chi connectivity index (χ1n) is 9.31. The van der Waals surface area contributed by atoms with Gasteiger partial charge in [0, 0.05) is 19.5 Å². The smallest absolute Gasteiger partial charge is 0.222 e. The maximum absolute atomic E-state index is 12.4. The quantitative estimate of drug-likeness (QED) is 0.629. The van der Waals surface area contributed by atoms with Gasteiger partial charge in [0.25, 0.3) is 0 Å². The molecule has 0 fully saturated rings. The molecule has 6 heteroatoms. The summed E-state index contributed by atoms with van der Waals surface area (Å²) in [5, 5.41) is 5.71. The Balaban J connectivity index is 0.00000392. The standard InChI is InChI=1S/C22H29N3O2.ClH/c1-15(2)17-9-11-18(12-10-17)20(23)14-24-22(27)13-21(25-16(3)26)19-7-5-4-6-8-19;/h4-12,15,20-21H,13-14,23H2,1-3H3,(H,24,27)(H,25,26);1H. The second-order valence-corrected chi connectivity index (χ2v) is 7.10. The van der Waals surface area contributed by atoms with Gasteiger partial charge in [-0.1, -0.05) is 68.4 Å². The third-order valence-electron chi connectivity index (χ3n) is 4.52. The highest BCUT2D eigenvalue weighted by molar-refractivity contribution is 5.85. The first-order chi connectivity index (χ1) is 12.9. The summed E-state index contributed by atoms with van der Waals surface area (Å²) in [6, 6.07) is 17.0. The molecule has 0 spiro atoms. The zero-order valence-corrected chi connectivity index (χ0v) is 17.5. The average molecular weight is 404 g/mol. The third-order valence-corrected chi connectivity index (χ3v) is 4.52. The zero-order valence-electron chi connectivity index (χ0n) is 16.6. The maximum atomic E-state index is 12.4. The van der Waals surface area contributed by atoms with Gasteiger partial charge in [-0.3, -0.25) is 9.59 Å². The SMILES string of the molecule is CC(=O)NC(CC(=O)NCC(N)c1ccc(C(C)C)cc1)c1ccccc1.Cl. The number of rotatable bonds is 8. The lowest BCUT2D eigenvalue weighted by atomic mass is 9.99. The van der Waals surface area contributed by atoms with Gasteiger partial charge in [-0.05, 0) is 22.6 Å². The van der Waals surface area contributed by atoms with Crippen LogP contribution in [0.1, 0.15) is 61.9 Å². The molecule has 0 radical (unpaired) electrons. The fraction of sp³-hybridized carbons (Fsp3) is 0.364. The summed E-state index contributed by atoms with van der Waals surface area (Å²) in [4.78, 5) is 23.8. The molecular weight excluding hydrogens is 374 g/mol. The number of hydrogen-bond donors (Lipinski definition) is 3. The van der Waals surface area contributed by atoms with E-state index >= 15 is 0 Å². The molecule has 5 nitrogen and oxygen atoms in total. The molecule has 0 aromatic heterocycles. The molecular formula is C22H30ClN3O2. The highest BCUT2D eigenvalue weighted by Gasteiger charge is 2.17. The van der Waals surface area contributed by atoms with Crippen molar-refractivity contribution in [3.05, 3.63) is 71.3 Å². The number of carbonyl (C=O) groups is 2. The third kappa shape index (κ3) is 7.33. The van der Waals surface area contributed by atoms with Crippen LogP contribution < -0.4 is 16.4 Å². The summed E-state index contributed by atoms with van der Waals surface area (Å²) >= 11 is 0. The Hall–Kier alpha value is -2.37. The van der Waals surface area contributed by atoms with Gasteiger partial charge in [0.2, 0.25) is 11.8 Å². The molecule has 4 N–H and O–H groups in total. The number of nitrogens with one attached hydrogen (secondary N) is 2. The first kappa shape index (κ1) is 23.7. The molecule has 28 heavy (non-hydrogen) atoms. The van der Waals surface area contributed by atoms with Crippen LogP contribution in [0.4, 0.5) is 0 Å². The Kier molecular flexibility index (Phi) is 9.69. The number of hydrogen-bond acceptors (Lipinski definition) is 3.